The highest BCUT2D eigenvalue weighted by atomic mass is 19.1. The standard InChI is InChI=1S/C24H22FN3O4/c1-32-19-9-5-16(6-10-19)21-20(22(29)17-3-7-18(25)8-4-17)23(30)24(31)28(21)13-2-12-27-14-11-26-15-27/h3-11,14-15,20-21H,2,12-13H2,1H3/p+1. The number of aryl methyl sites for hydroxylation is 1. The molecule has 0 bridgehead atoms. The van der Waals surface area contributed by atoms with Crippen molar-refractivity contribution >= 4 is 17.5 Å². The molecule has 2 aromatic carbocycles. The predicted octanol–water partition coefficient (Wildman–Crippen LogP) is 2.49. The zero-order chi connectivity index (χ0) is 22.7. The van der Waals surface area contributed by atoms with E-state index in [1.54, 1.807) is 43.9 Å². The molecule has 2 atom stereocenters. The quantitative estimate of drug-likeness (QED) is 0.255. The maximum Gasteiger partial charge on any atom is 0.291 e. The van der Waals surface area contributed by atoms with Gasteiger partial charge in [0.2, 0.25) is 12.1 Å². The van der Waals surface area contributed by atoms with Crippen molar-refractivity contribution in [2.45, 2.75) is 19.0 Å². The normalized spacial score (nSPS) is 18.2. The average Bonchev–Trinajstić information content (AvgIpc) is 3.41. The van der Waals surface area contributed by atoms with Gasteiger partial charge in [0.05, 0.1) is 19.7 Å². The number of halogens is 1. The molecule has 4 rings (SSSR count). The number of amides is 1. The highest BCUT2D eigenvalue weighted by molar-refractivity contribution is 6.44. The average molecular weight is 436 g/mol. The summed E-state index contributed by atoms with van der Waals surface area (Å²) in [6, 6.07) is 11.3. The van der Waals surface area contributed by atoms with Crippen LogP contribution in [0.1, 0.15) is 28.4 Å². The van der Waals surface area contributed by atoms with Crippen LogP contribution in [0.3, 0.4) is 0 Å². The minimum absolute atomic E-state index is 0.195. The molecular weight excluding hydrogens is 413 g/mol. The fourth-order valence-electron chi connectivity index (χ4n) is 4.08. The summed E-state index contributed by atoms with van der Waals surface area (Å²) in [4.78, 5) is 43.6. The second-order valence-corrected chi connectivity index (χ2v) is 7.63. The van der Waals surface area contributed by atoms with Gasteiger partial charge in [-0.25, -0.2) is 8.96 Å². The van der Waals surface area contributed by atoms with Gasteiger partial charge in [0.25, 0.3) is 5.91 Å². The smallest absolute Gasteiger partial charge is 0.291 e. The Labute approximate surface area is 184 Å². The third kappa shape index (κ3) is 4.16. The van der Waals surface area contributed by atoms with Crippen molar-refractivity contribution in [3.63, 3.8) is 0 Å². The van der Waals surface area contributed by atoms with E-state index in [2.05, 4.69) is 4.98 Å². The summed E-state index contributed by atoms with van der Waals surface area (Å²) in [6.07, 6.45) is 6.07. The number of Topliss-reactive ketones (excluding diaryl/α,β-unsaturated/α-hetero) is 2. The van der Waals surface area contributed by atoms with E-state index in [-0.39, 0.29) is 5.56 Å². The van der Waals surface area contributed by atoms with Crippen molar-refractivity contribution in [1.29, 1.82) is 0 Å². The van der Waals surface area contributed by atoms with Gasteiger partial charge in [-0.2, -0.15) is 0 Å². The Kier molecular flexibility index (Phi) is 6.11. The van der Waals surface area contributed by atoms with Gasteiger partial charge in [0, 0.05) is 18.5 Å². The van der Waals surface area contributed by atoms with Gasteiger partial charge in [-0.3, -0.25) is 19.4 Å². The van der Waals surface area contributed by atoms with E-state index in [4.69, 9.17) is 4.74 Å². The number of rotatable bonds is 8. The summed E-state index contributed by atoms with van der Waals surface area (Å²) >= 11 is 0. The van der Waals surface area contributed by atoms with E-state index in [1.165, 1.54) is 29.2 Å². The van der Waals surface area contributed by atoms with Crippen molar-refractivity contribution in [2.24, 2.45) is 5.92 Å². The molecule has 8 heteroatoms. The van der Waals surface area contributed by atoms with E-state index < -0.39 is 35.3 Å². The number of benzene rings is 2. The number of methoxy groups -OCH3 is 1. The lowest BCUT2D eigenvalue weighted by molar-refractivity contribution is -0.695. The number of aromatic amines is 1. The summed E-state index contributed by atoms with van der Waals surface area (Å²) in [6.45, 7) is 0.958. The summed E-state index contributed by atoms with van der Waals surface area (Å²) in [5, 5.41) is 0. The number of H-pyrrole nitrogens is 1. The van der Waals surface area contributed by atoms with Crippen LogP contribution in [0.2, 0.25) is 0 Å². The van der Waals surface area contributed by atoms with E-state index in [9.17, 15) is 18.8 Å². The van der Waals surface area contributed by atoms with Crippen LogP contribution in [0.15, 0.2) is 67.3 Å². The van der Waals surface area contributed by atoms with Crippen LogP contribution in [0, 0.1) is 11.7 Å². The Morgan fingerprint density at radius 2 is 1.84 bits per heavy atom. The fraction of sp³-hybridized carbons (Fsp3) is 0.250. The van der Waals surface area contributed by atoms with Crippen molar-refractivity contribution in [3.05, 3.63) is 84.2 Å². The number of nitrogens with one attached hydrogen (secondary N) is 1. The van der Waals surface area contributed by atoms with Crippen LogP contribution in [0.5, 0.6) is 5.75 Å². The molecule has 32 heavy (non-hydrogen) atoms. The van der Waals surface area contributed by atoms with Gasteiger partial charge in [0.15, 0.2) is 5.78 Å². The summed E-state index contributed by atoms with van der Waals surface area (Å²) in [5.74, 6) is -2.96. The number of nitrogens with zero attached hydrogens (tertiary/aromatic N) is 2. The molecule has 1 aliphatic rings. The molecule has 164 valence electrons. The first-order chi connectivity index (χ1) is 15.5. The van der Waals surface area contributed by atoms with Crippen LogP contribution in [0.25, 0.3) is 0 Å². The maximum absolute atomic E-state index is 13.3. The fourth-order valence-corrected chi connectivity index (χ4v) is 4.08. The van der Waals surface area contributed by atoms with Gasteiger partial charge in [-0.1, -0.05) is 12.1 Å². The van der Waals surface area contributed by atoms with Crippen molar-refractivity contribution < 1.29 is 28.1 Å². The highest BCUT2D eigenvalue weighted by Crippen LogP contribution is 2.38. The van der Waals surface area contributed by atoms with Crippen molar-refractivity contribution in [1.82, 2.24) is 9.88 Å². The van der Waals surface area contributed by atoms with E-state index in [0.717, 1.165) is 0 Å². The monoisotopic (exact) mass is 436 g/mol. The second-order valence-electron chi connectivity index (χ2n) is 7.63. The molecule has 1 fully saturated rings. The third-order valence-corrected chi connectivity index (χ3v) is 5.69. The molecule has 3 aromatic rings. The van der Waals surface area contributed by atoms with Crippen LogP contribution in [0.4, 0.5) is 4.39 Å². The molecule has 1 amide bonds. The topological polar surface area (TPSA) is 83.3 Å². The molecule has 1 aromatic heterocycles. The largest absolute Gasteiger partial charge is 0.497 e. The number of carbonyl (C=O) groups excluding carboxylic acids is 3. The molecule has 2 heterocycles. The minimum Gasteiger partial charge on any atom is -0.497 e. The first kappa shape index (κ1) is 21.4. The number of hydrogen-bond donors (Lipinski definition) is 1. The zero-order valence-electron chi connectivity index (χ0n) is 17.5. The lowest BCUT2D eigenvalue weighted by Gasteiger charge is -2.27. The SMILES string of the molecule is COc1ccc(C2C(C(=O)c3ccc(F)cc3)C(=O)C(=O)N2CCC[n+]2cc[nH]c2)cc1. The number of carbonyl (C=O) groups is 3. The van der Waals surface area contributed by atoms with Gasteiger partial charge in [-0.05, 0) is 42.0 Å². The highest BCUT2D eigenvalue weighted by Gasteiger charge is 2.51. The first-order valence-corrected chi connectivity index (χ1v) is 10.3. The van der Waals surface area contributed by atoms with Crippen molar-refractivity contribution in [2.75, 3.05) is 13.7 Å². The third-order valence-electron chi connectivity index (χ3n) is 5.69. The molecule has 1 N–H and O–H groups in total. The molecule has 0 aliphatic carbocycles. The Hall–Kier alpha value is -3.81. The molecule has 0 spiro atoms. The number of likely N-dealkylation sites (tertiary alicyclic amines) is 1. The van der Waals surface area contributed by atoms with Crippen LogP contribution in [-0.2, 0) is 16.1 Å². The Bertz CT molecular complexity index is 1110. The summed E-state index contributed by atoms with van der Waals surface area (Å²) in [7, 11) is 1.55. The van der Waals surface area contributed by atoms with E-state index >= 15 is 0 Å². The van der Waals surface area contributed by atoms with Crippen LogP contribution >= 0.6 is 0 Å². The number of imidazole rings is 1. The maximum atomic E-state index is 13.3. The lowest BCUT2D eigenvalue weighted by atomic mass is 9.86. The Morgan fingerprint density at radius 3 is 2.47 bits per heavy atom. The first-order valence-electron chi connectivity index (χ1n) is 10.3. The Morgan fingerprint density at radius 1 is 1.12 bits per heavy atom. The zero-order valence-corrected chi connectivity index (χ0v) is 17.5. The number of ether oxygens (including phenoxy) is 1. The molecule has 0 saturated carbocycles. The lowest BCUT2D eigenvalue weighted by Crippen LogP contribution is -2.36. The number of hydrogen-bond acceptors (Lipinski definition) is 4. The predicted molar refractivity (Wildman–Crippen MR) is 112 cm³/mol. The minimum atomic E-state index is -1.19. The number of aromatic nitrogens is 2. The molecule has 1 saturated heterocycles. The van der Waals surface area contributed by atoms with Gasteiger partial charge >= 0.3 is 0 Å². The van der Waals surface area contributed by atoms with Gasteiger partial charge in [-0.15, -0.1) is 0 Å². The van der Waals surface area contributed by atoms with Crippen LogP contribution < -0.4 is 9.30 Å². The molecule has 1 aliphatic heterocycles. The van der Waals surface area contributed by atoms with Crippen molar-refractivity contribution in [3.8, 4) is 5.75 Å². The molecule has 7 nitrogen and oxygen atoms in total. The van der Waals surface area contributed by atoms with E-state index in [1.807, 2.05) is 10.8 Å². The number of ketones is 2. The Balaban J connectivity index is 1.66. The second kappa shape index (κ2) is 9.13. The van der Waals surface area contributed by atoms with Gasteiger partial charge < -0.3 is 9.64 Å². The summed E-state index contributed by atoms with van der Waals surface area (Å²) in [5.41, 5.74) is 0.862. The summed E-state index contributed by atoms with van der Waals surface area (Å²) < 4.78 is 20.5. The molecule has 2 unspecified atom stereocenters. The van der Waals surface area contributed by atoms with E-state index in [0.29, 0.717) is 30.8 Å². The van der Waals surface area contributed by atoms with Crippen LogP contribution in [-0.4, -0.2) is 41.0 Å². The molecular formula is C24H23FN3O4+. The van der Waals surface area contributed by atoms with Gasteiger partial charge in [0.1, 0.15) is 29.9 Å². The molecule has 0 radical (unpaired) electrons.